The van der Waals surface area contributed by atoms with Crippen LogP contribution in [-0.4, -0.2) is 28.0 Å². The molecule has 3 nitrogen and oxygen atoms in total. The molecule has 0 heterocycles. The molecule has 0 aromatic carbocycles. The van der Waals surface area contributed by atoms with Crippen molar-refractivity contribution in [3.8, 4) is 0 Å². The van der Waals surface area contributed by atoms with E-state index in [1.54, 1.807) is 0 Å². The highest BCUT2D eigenvalue weighted by atomic mass is 35.5. The molecule has 0 aliphatic heterocycles. The van der Waals surface area contributed by atoms with Crippen molar-refractivity contribution in [2.24, 2.45) is 0 Å². The number of carbonyl (C=O) groups is 1. The third-order valence-corrected chi connectivity index (χ3v) is 5.11. The summed E-state index contributed by atoms with van der Waals surface area (Å²) >= 11 is 11.3. The second kappa shape index (κ2) is 17.4. The van der Waals surface area contributed by atoms with Crippen molar-refractivity contribution in [3.05, 3.63) is 0 Å². The summed E-state index contributed by atoms with van der Waals surface area (Å²) in [4.78, 5) is 10.7. The van der Waals surface area contributed by atoms with Crippen LogP contribution in [0.3, 0.4) is 0 Å². The number of carbonyl (C=O) groups excluding carboxylic acids is 1. The van der Waals surface area contributed by atoms with E-state index in [4.69, 9.17) is 23.2 Å². The number of alkyl halides is 2. The molecule has 0 saturated carbocycles. The van der Waals surface area contributed by atoms with Crippen molar-refractivity contribution >= 4 is 29.1 Å². The fraction of sp³-hybridized carbons (Fsp3) is 0.950. The van der Waals surface area contributed by atoms with E-state index in [-0.39, 0.29) is 6.04 Å². The van der Waals surface area contributed by atoms with Crippen molar-refractivity contribution in [1.82, 2.24) is 5.32 Å². The zero-order valence-corrected chi connectivity index (χ0v) is 17.8. The smallest absolute Gasteiger partial charge is 0.253 e. The predicted octanol–water partition coefficient (Wildman–Crippen LogP) is 6.14. The molecule has 2 unspecified atom stereocenters. The molecule has 25 heavy (non-hydrogen) atoms. The largest absolute Gasteiger partial charge is 0.391 e. The predicted molar refractivity (Wildman–Crippen MR) is 109 cm³/mol. The Labute approximate surface area is 165 Å². The number of aliphatic hydroxyl groups excluding tert-OH is 1. The van der Waals surface area contributed by atoms with Crippen LogP contribution in [0, 0.1) is 0 Å². The minimum atomic E-state index is -1.08. The Morgan fingerprint density at radius 2 is 1.24 bits per heavy atom. The molecule has 0 spiro atoms. The standard InChI is InChI=1S/C20H39Cl2NO2/c1-3-5-7-9-11-13-15-17(23-20(25)19(21)22)18(24)16-14-12-10-8-6-4-2/h17-19,24H,3-16H2,1-2H3,(H,23,25). The maximum atomic E-state index is 11.8. The molecule has 0 aromatic rings. The molecule has 0 radical (unpaired) electrons. The van der Waals surface area contributed by atoms with Gasteiger partial charge in [0.25, 0.3) is 5.91 Å². The molecule has 5 heteroatoms. The van der Waals surface area contributed by atoms with Crippen LogP contribution in [0.15, 0.2) is 0 Å². The van der Waals surface area contributed by atoms with Crippen LogP contribution in [-0.2, 0) is 4.79 Å². The quantitative estimate of drug-likeness (QED) is 0.229. The highest BCUT2D eigenvalue weighted by molar-refractivity contribution is 6.53. The molecule has 0 aromatic heterocycles. The summed E-state index contributed by atoms with van der Waals surface area (Å²) in [6.45, 7) is 4.42. The van der Waals surface area contributed by atoms with Crippen LogP contribution < -0.4 is 5.32 Å². The minimum Gasteiger partial charge on any atom is -0.391 e. The minimum absolute atomic E-state index is 0.241. The number of hydrogen-bond donors (Lipinski definition) is 2. The first-order valence-corrected chi connectivity index (χ1v) is 11.2. The summed E-state index contributed by atoms with van der Waals surface area (Å²) in [6.07, 6.45) is 15.3. The van der Waals surface area contributed by atoms with Crippen LogP contribution in [0.2, 0.25) is 0 Å². The zero-order valence-electron chi connectivity index (χ0n) is 16.2. The summed E-state index contributed by atoms with van der Waals surface area (Å²) in [5, 5.41) is 13.3. The molecule has 0 aliphatic carbocycles. The lowest BCUT2D eigenvalue weighted by Crippen LogP contribution is -2.45. The molecule has 150 valence electrons. The lowest BCUT2D eigenvalue weighted by molar-refractivity contribution is -0.121. The number of rotatable bonds is 17. The second-order valence-electron chi connectivity index (χ2n) is 7.10. The van der Waals surface area contributed by atoms with Gasteiger partial charge in [0.05, 0.1) is 12.1 Å². The Morgan fingerprint density at radius 1 is 0.800 bits per heavy atom. The van der Waals surface area contributed by atoms with E-state index in [2.05, 4.69) is 19.2 Å². The fourth-order valence-corrected chi connectivity index (χ4v) is 3.21. The Morgan fingerprint density at radius 3 is 1.72 bits per heavy atom. The van der Waals surface area contributed by atoms with E-state index in [1.807, 2.05) is 0 Å². The number of unbranched alkanes of at least 4 members (excludes halogenated alkanes) is 10. The number of aliphatic hydroxyl groups is 1. The maximum absolute atomic E-state index is 11.8. The molecule has 0 saturated heterocycles. The number of halogens is 2. The van der Waals surface area contributed by atoms with Crippen molar-refractivity contribution < 1.29 is 9.90 Å². The van der Waals surface area contributed by atoms with Gasteiger partial charge in [-0.2, -0.15) is 0 Å². The summed E-state index contributed by atoms with van der Waals surface area (Å²) in [7, 11) is 0. The van der Waals surface area contributed by atoms with Crippen molar-refractivity contribution in [1.29, 1.82) is 0 Å². The van der Waals surface area contributed by atoms with Crippen LogP contribution in [0.1, 0.15) is 104 Å². The molecule has 0 bridgehead atoms. The Kier molecular flexibility index (Phi) is 17.4. The topological polar surface area (TPSA) is 49.3 Å². The van der Waals surface area contributed by atoms with E-state index in [0.29, 0.717) is 0 Å². The van der Waals surface area contributed by atoms with Gasteiger partial charge in [0.2, 0.25) is 0 Å². The molecule has 2 N–H and O–H groups in total. The van der Waals surface area contributed by atoms with Gasteiger partial charge in [0.15, 0.2) is 4.84 Å². The first-order chi connectivity index (χ1) is 12.0. The van der Waals surface area contributed by atoms with E-state index in [1.165, 1.54) is 51.4 Å². The molecular weight excluding hydrogens is 357 g/mol. The van der Waals surface area contributed by atoms with Gasteiger partial charge in [-0.1, -0.05) is 114 Å². The van der Waals surface area contributed by atoms with Crippen LogP contribution in [0.5, 0.6) is 0 Å². The molecule has 0 fully saturated rings. The molecular formula is C20H39Cl2NO2. The highest BCUT2D eigenvalue weighted by Crippen LogP contribution is 2.16. The Balaban J connectivity index is 4.15. The van der Waals surface area contributed by atoms with Gasteiger partial charge in [-0.3, -0.25) is 4.79 Å². The molecule has 2 atom stereocenters. The third kappa shape index (κ3) is 14.8. The summed E-state index contributed by atoms with van der Waals surface area (Å²) in [5.41, 5.74) is 0. The number of amides is 1. The second-order valence-corrected chi connectivity index (χ2v) is 8.19. The Bertz CT molecular complexity index is 314. The third-order valence-electron chi connectivity index (χ3n) is 4.71. The average Bonchev–Trinajstić information content (AvgIpc) is 2.59. The van der Waals surface area contributed by atoms with Crippen LogP contribution in [0.25, 0.3) is 0 Å². The summed E-state index contributed by atoms with van der Waals surface area (Å²) in [5.74, 6) is -0.402. The first kappa shape index (κ1) is 25.0. The summed E-state index contributed by atoms with van der Waals surface area (Å²) < 4.78 is 0. The molecule has 0 aliphatic rings. The molecule has 1 amide bonds. The zero-order chi connectivity index (χ0) is 18.9. The van der Waals surface area contributed by atoms with Gasteiger partial charge >= 0.3 is 0 Å². The number of hydrogen-bond acceptors (Lipinski definition) is 2. The van der Waals surface area contributed by atoms with E-state index in [0.717, 1.165) is 38.5 Å². The summed E-state index contributed by atoms with van der Waals surface area (Å²) in [6, 6.07) is -0.241. The van der Waals surface area contributed by atoms with Gasteiger partial charge in [-0.15, -0.1) is 0 Å². The monoisotopic (exact) mass is 395 g/mol. The highest BCUT2D eigenvalue weighted by Gasteiger charge is 2.23. The Hall–Kier alpha value is 0.01000. The van der Waals surface area contributed by atoms with Crippen molar-refractivity contribution in [2.75, 3.05) is 0 Å². The van der Waals surface area contributed by atoms with Crippen LogP contribution >= 0.6 is 23.2 Å². The fourth-order valence-electron chi connectivity index (χ4n) is 3.09. The van der Waals surface area contributed by atoms with Gasteiger partial charge in [0.1, 0.15) is 0 Å². The SMILES string of the molecule is CCCCCCCCC(O)C(CCCCCCCC)NC(=O)C(Cl)Cl. The average molecular weight is 396 g/mol. The van der Waals surface area contributed by atoms with E-state index in [9.17, 15) is 9.90 Å². The van der Waals surface area contributed by atoms with Gasteiger partial charge in [-0.05, 0) is 12.8 Å². The first-order valence-electron chi connectivity index (χ1n) is 10.3. The van der Waals surface area contributed by atoms with Gasteiger partial charge in [-0.25, -0.2) is 0 Å². The van der Waals surface area contributed by atoms with E-state index < -0.39 is 16.8 Å². The molecule has 0 rings (SSSR count). The van der Waals surface area contributed by atoms with Gasteiger partial charge in [0, 0.05) is 0 Å². The lowest BCUT2D eigenvalue weighted by atomic mass is 9.97. The van der Waals surface area contributed by atoms with Gasteiger partial charge < -0.3 is 10.4 Å². The van der Waals surface area contributed by atoms with Crippen molar-refractivity contribution in [3.63, 3.8) is 0 Å². The normalized spacial score (nSPS) is 13.8. The van der Waals surface area contributed by atoms with Crippen LogP contribution in [0.4, 0.5) is 0 Å². The number of nitrogens with one attached hydrogen (secondary N) is 1. The van der Waals surface area contributed by atoms with Crippen molar-refractivity contribution in [2.45, 2.75) is 121 Å². The van der Waals surface area contributed by atoms with E-state index >= 15 is 0 Å². The lowest BCUT2D eigenvalue weighted by Gasteiger charge is -2.24. The maximum Gasteiger partial charge on any atom is 0.253 e.